The Balaban J connectivity index is 1.54. The van der Waals surface area contributed by atoms with Crippen molar-refractivity contribution >= 4 is 34.8 Å². The van der Waals surface area contributed by atoms with Gasteiger partial charge in [-0.15, -0.1) is 0 Å². The lowest BCUT2D eigenvalue weighted by Gasteiger charge is -2.32. The molecule has 0 radical (unpaired) electrons. The molecule has 0 atom stereocenters. The van der Waals surface area contributed by atoms with E-state index in [1.54, 1.807) is 42.5 Å². The Hall–Kier alpha value is -2.97. The van der Waals surface area contributed by atoms with Crippen molar-refractivity contribution in [2.24, 2.45) is 0 Å². The molecule has 0 saturated carbocycles. The van der Waals surface area contributed by atoms with Crippen molar-refractivity contribution in [2.75, 3.05) is 45.2 Å². The van der Waals surface area contributed by atoms with Crippen molar-refractivity contribution in [3.63, 3.8) is 0 Å². The molecule has 2 aromatic rings. The van der Waals surface area contributed by atoms with E-state index in [4.69, 9.17) is 17.0 Å². The third-order valence-corrected chi connectivity index (χ3v) is 5.47. The third-order valence-electron chi connectivity index (χ3n) is 5.27. The quantitative estimate of drug-likeness (QED) is 0.494. The van der Waals surface area contributed by atoms with Crippen LogP contribution in [0, 0.1) is 0 Å². The number of rotatable bonds is 7. The van der Waals surface area contributed by atoms with Gasteiger partial charge in [0.15, 0.2) is 5.11 Å². The van der Waals surface area contributed by atoms with Gasteiger partial charge < -0.3 is 19.9 Å². The van der Waals surface area contributed by atoms with Gasteiger partial charge in [-0.25, -0.2) is 0 Å². The monoisotopic (exact) mass is 454 g/mol. The van der Waals surface area contributed by atoms with Crippen molar-refractivity contribution in [2.45, 2.75) is 19.8 Å². The average molecular weight is 455 g/mol. The summed E-state index contributed by atoms with van der Waals surface area (Å²) in [6.07, 6.45) is 2.06. The molecular formula is C24H30N4O3S. The van der Waals surface area contributed by atoms with Gasteiger partial charge in [0.1, 0.15) is 5.75 Å². The highest BCUT2D eigenvalue weighted by molar-refractivity contribution is 7.80. The predicted octanol–water partition coefficient (Wildman–Crippen LogP) is 3.38. The first-order valence-corrected chi connectivity index (χ1v) is 11.3. The second-order valence-electron chi connectivity index (χ2n) is 7.81. The zero-order valence-corrected chi connectivity index (χ0v) is 19.4. The molecule has 32 heavy (non-hydrogen) atoms. The number of nitrogens with zero attached hydrogens (tertiary/aromatic N) is 2. The Morgan fingerprint density at radius 1 is 1.03 bits per heavy atom. The van der Waals surface area contributed by atoms with Crippen molar-refractivity contribution in [1.29, 1.82) is 0 Å². The number of carbonyl (C=O) groups is 2. The van der Waals surface area contributed by atoms with Crippen LogP contribution in [0.5, 0.6) is 5.75 Å². The van der Waals surface area contributed by atoms with Crippen LogP contribution in [0.2, 0.25) is 0 Å². The highest BCUT2D eigenvalue weighted by Gasteiger charge is 2.20. The van der Waals surface area contributed by atoms with Crippen molar-refractivity contribution < 1.29 is 14.3 Å². The third kappa shape index (κ3) is 6.77. The summed E-state index contributed by atoms with van der Waals surface area (Å²) in [6, 6.07) is 14.1. The molecule has 2 N–H and O–H groups in total. The molecule has 2 aromatic carbocycles. The number of nitrogens with one attached hydrogen (secondary N) is 2. The SMILES string of the molecule is CCCCOc1ccc(C(=O)NC(=S)Nc2cccc(C(=O)N3CCN(C)CC3)c2)cc1. The topological polar surface area (TPSA) is 73.9 Å². The lowest BCUT2D eigenvalue weighted by Crippen LogP contribution is -2.47. The summed E-state index contributed by atoms with van der Waals surface area (Å²) in [5.74, 6) is 0.419. The molecule has 2 amide bonds. The van der Waals surface area contributed by atoms with E-state index >= 15 is 0 Å². The van der Waals surface area contributed by atoms with E-state index in [-0.39, 0.29) is 16.9 Å². The molecule has 1 aliphatic heterocycles. The largest absolute Gasteiger partial charge is 0.494 e. The number of ether oxygens (including phenoxy) is 1. The van der Waals surface area contributed by atoms with Gasteiger partial charge in [0.25, 0.3) is 11.8 Å². The molecule has 1 heterocycles. The number of piperazine rings is 1. The molecule has 0 aliphatic carbocycles. The fourth-order valence-corrected chi connectivity index (χ4v) is 3.51. The Bertz CT molecular complexity index is 941. The summed E-state index contributed by atoms with van der Waals surface area (Å²) >= 11 is 5.29. The second kappa shape index (κ2) is 11.6. The van der Waals surface area contributed by atoms with Crippen LogP contribution in [0.1, 0.15) is 40.5 Å². The summed E-state index contributed by atoms with van der Waals surface area (Å²) < 4.78 is 5.62. The van der Waals surface area contributed by atoms with Gasteiger partial charge in [0.2, 0.25) is 0 Å². The highest BCUT2D eigenvalue weighted by atomic mass is 32.1. The van der Waals surface area contributed by atoms with Gasteiger partial charge in [-0.1, -0.05) is 19.4 Å². The van der Waals surface area contributed by atoms with E-state index in [9.17, 15) is 9.59 Å². The van der Waals surface area contributed by atoms with Crippen LogP contribution in [-0.2, 0) is 0 Å². The summed E-state index contributed by atoms with van der Waals surface area (Å²) in [5, 5.41) is 5.83. The average Bonchev–Trinajstić information content (AvgIpc) is 2.80. The number of anilines is 1. The number of likely N-dealkylation sites (N-methyl/N-ethyl adjacent to an activating group) is 1. The van der Waals surface area contributed by atoms with Crippen LogP contribution in [0.15, 0.2) is 48.5 Å². The number of amides is 2. The second-order valence-corrected chi connectivity index (χ2v) is 8.22. The number of unbranched alkanes of at least 4 members (excludes halogenated alkanes) is 1. The number of carbonyl (C=O) groups excluding carboxylic acids is 2. The molecular weight excluding hydrogens is 424 g/mol. The van der Waals surface area contributed by atoms with E-state index < -0.39 is 0 Å². The Kier molecular flexibility index (Phi) is 8.58. The summed E-state index contributed by atoms with van der Waals surface area (Å²) in [5.41, 5.74) is 1.72. The van der Waals surface area contributed by atoms with E-state index in [0.29, 0.717) is 36.5 Å². The maximum atomic E-state index is 12.8. The normalized spacial score (nSPS) is 14.0. The van der Waals surface area contributed by atoms with Gasteiger partial charge in [-0.3, -0.25) is 14.9 Å². The maximum Gasteiger partial charge on any atom is 0.257 e. The Labute approximate surface area is 194 Å². The fourth-order valence-electron chi connectivity index (χ4n) is 3.30. The van der Waals surface area contributed by atoms with Gasteiger partial charge in [-0.05, 0) is 68.2 Å². The smallest absolute Gasteiger partial charge is 0.257 e. The van der Waals surface area contributed by atoms with Crippen LogP contribution in [0.25, 0.3) is 0 Å². The molecule has 0 bridgehead atoms. The first-order valence-electron chi connectivity index (χ1n) is 10.9. The zero-order valence-electron chi connectivity index (χ0n) is 18.6. The first-order chi connectivity index (χ1) is 15.5. The van der Waals surface area contributed by atoms with Crippen molar-refractivity contribution in [3.05, 3.63) is 59.7 Å². The number of benzene rings is 2. The van der Waals surface area contributed by atoms with Gasteiger partial charge in [0.05, 0.1) is 6.61 Å². The molecule has 1 saturated heterocycles. The van der Waals surface area contributed by atoms with Crippen molar-refractivity contribution in [1.82, 2.24) is 15.1 Å². The lowest BCUT2D eigenvalue weighted by molar-refractivity contribution is 0.0664. The molecule has 0 spiro atoms. The minimum Gasteiger partial charge on any atom is -0.494 e. The van der Waals surface area contributed by atoms with Gasteiger partial charge >= 0.3 is 0 Å². The molecule has 0 unspecified atom stereocenters. The molecule has 1 aliphatic rings. The molecule has 3 rings (SSSR count). The maximum absolute atomic E-state index is 12.8. The predicted molar refractivity (Wildman–Crippen MR) is 130 cm³/mol. The van der Waals surface area contributed by atoms with Gasteiger partial charge in [-0.2, -0.15) is 0 Å². The zero-order chi connectivity index (χ0) is 22.9. The van der Waals surface area contributed by atoms with Crippen LogP contribution in [0.3, 0.4) is 0 Å². The molecule has 8 heteroatoms. The summed E-state index contributed by atoms with van der Waals surface area (Å²) in [6.45, 7) is 5.92. The molecule has 0 aromatic heterocycles. The van der Waals surface area contributed by atoms with E-state index in [2.05, 4.69) is 29.5 Å². The number of hydrogen-bond donors (Lipinski definition) is 2. The van der Waals surface area contributed by atoms with Crippen LogP contribution < -0.4 is 15.4 Å². The summed E-state index contributed by atoms with van der Waals surface area (Å²) in [4.78, 5) is 29.3. The minimum atomic E-state index is -0.313. The van der Waals surface area contributed by atoms with Crippen molar-refractivity contribution in [3.8, 4) is 5.75 Å². The van der Waals surface area contributed by atoms with Gasteiger partial charge in [0, 0.05) is 43.0 Å². The Morgan fingerprint density at radius 2 is 1.75 bits per heavy atom. The fraction of sp³-hybridized carbons (Fsp3) is 0.375. The number of hydrogen-bond acceptors (Lipinski definition) is 5. The Morgan fingerprint density at radius 3 is 2.44 bits per heavy atom. The molecule has 7 nitrogen and oxygen atoms in total. The van der Waals surface area contributed by atoms with Crippen LogP contribution in [0.4, 0.5) is 5.69 Å². The summed E-state index contributed by atoms with van der Waals surface area (Å²) in [7, 11) is 2.05. The van der Waals surface area contributed by atoms with E-state index in [1.165, 1.54) is 0 Å². The first kappa shape index (κ1) is 23.7. The van der Waals surface area contributed by atoms with E-state index in [0.717, 1.165) is 31.7 Å². The van der Waals surface area contributed by atoms with Crippen LogP contribution >= 0.6 is 12.2 Å². The van der Waals surface area contributed by atoms with Crippen LogP contribution in [-0.4, -0.2) is 66.6 Å². The standard InChI is InChI=1S/C24H30N4O3S/c1-3-4-16-31-21-10-8-18(9-11-21)22(29)26-24(32)25-20-7-5-6-19(17-20)23(30)28-14-12-27(2)13-15-28/h5-11,17H,3-4,12-16H2,1-2H3,(H2,25,26,29,32). The minimum absolute atomic E-state index is 0.00190. The van der Waals surface area contributed by atoms with E-state index in [1.807, 2.05) is 11.0 Å². The molecule has 1 fully saturated rings. The highest BCUT2D eigenvalue weighted by Crippen LogP contribution is 2.15. The lowest BCUT2D eigenvalue weighted by atomic mass is 10.1. The molecule has 170 valence electrons. The number of thiocarbonyl (C=S) groups is 1.